The van der Waals surface area contributed by atoms with Crippen molar-refractivity contribution in [3.63, 3.8) is 0 Å². The summed E-state index contributed by atoms with van der Waals surface area (Å²) in [5.41, 5.74) is -0.801. The summed E-state index contributed by atoms with van der Waals surface area (Å²) in [6, 6.07) is 9.68. The van der Waals surface area contributed by atoms with E-state index in [1.807, 2.05) is 6.07 Å². The molecule has 1 aromatic carbocycles. The maximum Gasteiger partial charge on any atom is 0.410 e. The van der Waals surface area contributed by atoms with Crippen LogP contribution in [0.25, 0.3) is 0 Å². The molecule has 1 amide bonds. The first-order valence-electron chi connectivity index (χ1n) is 12.1. The Morgan fingerprint density at radius 3 is 2.45 bits per heavy atom. The van der Waals surface area contributed by atoms with E-state index in [1.165, 1.54) is 10.5 Å². The molecule has 3 rings (SSSR count). The van der Waals surface area contributed by atoms with Crippen molar-refractivity contribution >= 4 is 6.09 Å². The predicted molar refractivity (Wildman–Crippen MR) is 125 cm³/mol. The standard InChI is InChI=1S/C25H38N2O6/c1-24(2,3)33-23(29)26-16-7-14-25(15-17-28,27(30)31)22(26)18-32-21-12-10-20(11-13-21)19-8-5-4-6-9-19/h4-6,8-9,20-22,28H,7,10-18H2,1-3H3. The molecule has 2 unspecified atom stereocenters. The largest absolute Gasteiger partial charge is 0.444 e. The summed E-state index contributed by atoms with van der Waals surface area (Å²) >= 11 is 0. The lowest BCUT2D eigenvalue weighted by Crippen LogP contribution is -2.64. The normalized spacial score (nSPS) is 28.4. The molecule has 1 aliphatic carbocycles. The highest BCUT2D eigenvalue weighted by Gasteiger charge is 2.56. The minimum Gasteiger partial charge on any atom is -0.444 e. The van der Waals surface area contributed by atoms with Crippen LogP contribution in [0.3, 0.4) is 0 Å². The first kappa shape index (κ1) is 25.4. The molecule has 2 atom stereocenters. The SMILES string of the molecule is CC(C)(C)OC(=O)N1CCCC(CCO)([N+](=O)[O-])C1COC1CCC(c2ccccc2)CC1. The second kappa shape index (κ2) is 10.8. The van der Waals surface area contributed by atoms with Crippen LogP contribution in [-0.4, -0.2) is 64.1 Å². The summed E-state index contributed by atoms with van der Waals surface area (Å²) in [6.07, 6.45) is 3.98. The second-order valence-corrected chi connectivity index (χ2v) is 10.3. The number of likely N-dealkylation sites (tertiary alicyclic amines) is 1. The fourth-order valence-corrected chi connectivity index (χ4v) is 5.26. The van der Waals surface area contributed by atoms with E-state index in [1.54, 1.807) is 20.8 Å². The van der Waals surface area contributed by atoms with Gasteiger partial charge in [0.25, 0.3) is 0 Å². The second-order valence-electron chi connectivity index (χ2n) is 10.3. The number of aliphatic hydroxyl groups excluding tert-OH is 1. The average Bonchev–Trinajstić information content (AvgIpc) is 2.78. The highest BCUT2D eigenvalue weighted by atomic mass is 16.6. The molecule has 1 aromatic rings. The molecular formula is C25H38N2O6. The Balaban J connectivity index is 1.70. The molecule has 1 N–H and O–H groups in total. The Morgan fingerprint density at radius 2 is 1.88 bits per heavy atom. The molecule has 1 saturated carbocycles. The van der Waals surface area contributed by atoms with E-state index in [2.05, 4.69) is 24.3 Å². The summed E-state index contributed by atoms with van der Waals surface area (Å²) in [6.45, 7) is 5.47. The van der Waals surface area contributed by atoms with Crippen LogP contribution in [0.5, 0.6) is 0 Å². The molecular weight excluding hydrogens is 424 g/mol. The van der Waals surface area contributed by atoms with E-state index in [0.29, 0.717) is 25.3 Å². The van der Waals surface area contributed by atoms with Crippen LogP contribution in [0.15, 0.2) is 30.3 Å². The Labute approximate surface area is 196 Å². The number of ether oxygens (including phenoxy) is 2. The van der Waals surface area contributed by atoms with Crippen LogP contribution in [-0.2, 0) is 9.47 Å². The number of hydrogen-bond acceptors (Lipinski definition) is 6. The Morgan fingerprint density at radius 1 is 1.21 bits per heavy atom. The van der Waals surface area contributed by atoms with Crippen LogP contribution >= 0.6 is 0 Å². The molecule has 1 heterocycles. The van der Waals surface area contributed by atoms with E-state index in [-0.39, 0.29) is 30.7 Å². The quantitative estimate of drug-likeness (QED) is 0.472. The van der Waals surface area contributed by atoms with Crippen molar-refractivity contribution in [3.05, 3.63) is 46.0 Å². The van der Waals surface area contributed by atoms with Gasteiger partial charge in [-0.05, 0) is 64.4 Å². The van der Waals surface area contributed by atoms with Gasteiger partial charge >= 0.3 is 6.09 Å². The third kappa shape index (κ3) is 6.23. The molecule has 33 heavy (non-hydrogen) atoms. The summed E-state index contributed by atoms with van der Waals surface area (Å²) in [7, 11) is 0. The number of nitro groups is 1. The third-order valence-corrected chi connectivity index (χ3v) is 6.98. The Bertz CT molecular complexity index is 784. The molecule has 1 saturated heterocycles. The van der Waals surface area contributed by atoms with Crippen LogP contribution in [0, 0.1) is 10.1 Å². The molecule has 2 fully saturated rings. The third-order valence-electron chi connectivity index (χ3n) is 6.98. The van der Waals surface area contributed by atoms with Gasteiger partial charge in [0.2, 0.25) is 5.54 Å². The molecule has 184 valence electrons. The highest BCUT2D eigenvalue weighted by molar-refractivity contribution is 5.69. The summed E-state index contributed by atoms with van der Waals surface area (Å²) in [4.78, 5) is 26.3. The van der Waals surface area contributed by atoms with Crippen LogP contribution in [0.2, 0.25) is 0 Å². The topological polar surface area (TPSA) is 102 Å². The minimum absolute atomic E-state index is 0.00551. The van der Waals surface area contributed by atoms with E-state index < -0.39 is 23.3 Å². The van der Waals surface area contributed by atoms with Crippen LogP contribution in [0.1, 0.15) is 77.2 Å². The molecule has 8 heteroatoms. The minimum atomic E-state index is -1.44. The molecule has 2 aliphatic rings. The van der Waals surface area contributed by atoms with Gasteiger partial charge in [-0.15, -0.1) is 0 Å². The van der Waals surface area contributed by atoms with Crippen molar-refractivity contribution in [1.29, 1.82) is 0 Å². The van der Waals surface area contributed by atoms with Crippen molar-refractivity contribution in [2.75, 3.05) is 19.8 Å². The summed E-state index contributed by atoms with van der Waals surface area (Å²) in [5, 5.41) is 21.9. The fraction of sp³-hybridized carbons (Fsp3) is 0.720. The molecule has 0 bridgehead atoms. The Hall–Kier alpha value is -2.19. The number of hydrogen-bond donors (Lipinski definition) is 1. The lowest BCUT2D eigenvalue weighted by Gasteiger charge is -2.44. The average molecular weight is 463 g/mol. The van der Waals surface area contributed by atoms with Gasteiger partial charge in [-0.3, -0.25) is 15.0 Å². The summed E-state index contributed by atoms with van der Waals surface area (Å²) < 4.78 is 11.8. The number of carbonyl (C=O) groups is 1. The van der Waals surface area contributed by atoms with Crippen molar-refractivity contribution < 1.29 is 24.3 Å². The highest BCUT2D eigenvalue weighted by Crippen LogP contribution is 2.37. The van der Waals surface area contributed by atoms with Crippen molar-refractivity contribution in [3.8, 4) is 0 Å². The van der Waals surface area contributed by atoms with Gasteiger partial charge in [0, 0.05) is 30.9 Å². The number of benzene rings is 1. The lowest BCUT2D eigenvalue weighted by molar-refractivity contribution is -0.585. The van der Waals surface area contributed by atoms with Crippen molar-refractivity contribution in [1.82, 2.24) is 4.90 Å². The number of aliphatic hydroxyl groups is 1. The maximum atomic E-state index is 13.0. The number of amides is 1. The number of rotatable bonds is 7. The zero-order valence-corrected chi connectivity index (χ0v) is 20.1. The molecule has 0 aromatic heterocycles. The number of carbonyl (C=O) groups excluding carboxylic acids is 1. The maximum absolute atomic E-state index is 13.0. The van der Waals surface area contributed by atoms with Gasteiger partial charge in [0.15, 0.2) is 0 Å². The van der Waals surface area contributed by atoms with Crippen molar-refractivity contribution in [2.24, 2.45) is 0 Å². The van der Waals surface area contributed by atoms with Crippen LogP contribution in [0.4, 0.5) is 4.79 Å². The van der Waals surface area contributed by atoms with E-state index >= 15 is 0 Å². The fourth-order valence-electron chi connectivity index (χ4n) is 5.26. The monoisotopic (exact) mass is 462 g/mol. The Kier molecular flexibility index (Phi) is 8.34. The molecule has 8 nitrogen and oxygen atoms in total. The zero-order chi connectivity index (χ0) is 24.1. The smallest absolute Gasteiger partial charge is 0.410 e. The van der Waals surface area contributed by atoms with E-state index in [9.17, 15) is 20.0 Å². The van der Waals surface area contributed by atoms with Gasteiger partial charge in [0.1, 0.15) is 11.6 Å². The first-order valence-corrected chi connectivity index (χ1v) is 12.1. The summed E-state index contributed by atoms with van der Waals surface area (Å²) in [5.74, 6) is 0.506. The molecule has 0 spiro atoms. The zero-order valence-electron chi connectivity index (χ0n) is 20.1. The lowest BCUT2D eigenvalue weighted by atomic mass is 9.79. The molecule has 0 radical (unpaired) electrons. The predicted octanol–water partition coefficient (Wildman–Crippen LogP) is 4.53. The van der Waals surface area contributed by atoms with Crippen molar-refractivity contribution in [2.45, 2.75) is 94.9 Å². The van der Waals surface area contributed by atoms with Gasteiger partial charge in [0.05, 0.1) is 12.7 Å². The van der Waals surface area contributed by atoms with Gasteiger partial charge in [-0.25, -0.2) is 4.79 Å². The van der Waals surface area contributed by atoms with E-state index in [4.69, 9.17) is 9.47 Å². The van der Waals surface area contributed by atoms with E-state index in [0.717, 1.165) is 25.7 Å². The van der Waals surface area contributed by atoms with Crippen LogP contribution < -0.4 is 0 Å². The molecule has 1 aliphatic heterocycles. The number of nitrogens with zero attached hydrogens (tertiary/aromatic N) is 2. The first-order chi connectivity index (χ1) is 15.7. The van der Waals surface area contributed by atoms with Gasteiger partial charge in [-0.2, -0.15) is 0 Å². The number of piperidine rings is 1. The van der Waals surface area contributed by atoms with Gasteiger partial charge in [-0.1, -0.05) is 30.3 Å². The van der Waals surface area contributed by atoms with Gasteiger partial charge < -0.3 is 14.6 Å².